The quantitative estimate of drug-likeness (QED) is 0.391. The fourth-order valence-electron chi connectivity index (χ4n) is 3.85. The molecule has 3 heterocycles. The first-order valence-electron chi connectivity index (χ1n) is 10.8. The molecule has 2 aliphatic carbocycles. The highest BCUT2D eigenvalue weighted by Crippen LogP contribution is 2.42. The van der Waals surface area contributed by atoms with Crippen LogP contribution in [0.2, 0.25) is 0 Å². The second kappa shape index (κ2) is 8.07. The highest BCUT2D eigenvalue weighted by atomic mass is 19.4. The summed E-state index contributed by atoms with van der Waals surface area (Å²) in [6.07, 6.45) is -3.44. The van der Waals surface area contributed by atoms with Gasteiger partial charge in [0, 0.05) is 42.4 Å². The Morgan fingerprint density at radius 1 is 1.09 bits per heavy atom. The van der Waals surface area contributed by atoms with E-state index in [9.17, 15) is 26.7 Å². The molecule has 0 aliphatic heterocycles. The number of fused-ring (bicyclic) bond motifs is 1. The van der Waals surface area contributed by atoms with Gasteiger partial charge in [-0.3, -0.25) is 9.48 Å². The lowest BCUT2D eigenvalue weighted by molar-refractivity contribution is -0.141. The van der Waals surface area contributed by atoms with Crippen molar-refractivity contribution in [1.82, 2.24) is 29.7 Å². The Hall–Kier alpha value is -3.05. The van der Waals surface area contributed by atoms with Crippen LogP contribution in [0.4, 0.5) is 22.0 Å². The Kier molecular flexibility index (Phi) is 5.32. The fourth-order valence-corrected chi connectivity index (χ4v) is 3.85. The van der Waals surface area contributed by atoms with Crippen molar-refractivity contribution in [2.24, 2.45) is 0 Å². The molecule has 5 rings (SSSR count). The molecule has 0 spiro atoms. The second-order valence-electron chi connectivity index (χ2n) is 8.54. The van der Waals surface area contributed by atoms with Crippen LogP contribution in [0.1, 0.15) is 83.6 Å². The number of carbonyl (C=O) groups is 1. The van der Waals surface area contributed by atoms with Crippen molar-refractivity contribution in [3.05, 3.63) is 46.7 Å². The Morgan fingerprint density at radius 2 is 1.82 bits per heavy atom. The summed E-state index contributed by atoms with van der Waals surface area (Å²) in [5.74, 6) is -0.300. The lowest BCUT2D eigenvalue weighted by atomic mass is 10.2. The molecule has 2 saturated carbocycles. The van der Waals surface area contributed by atoms with Gasteiger partial charge in [-0.2, -0.15) is 23.4 Å². The van der Waals surface area contributed by atoms with Crippen molar-refractivity contribution in [3.63, 3.8) is 0 Å². The van der Waals surface area contributed by atoms with Crippen LogP contribution in [0.15, 0.2) is 18.2 Å². The molecule has 3 aromatic heterocycles. The number of hydrogen-bond acceptors (Lipinski definition) is 4. The van der Waals surface area contributed by atoms with Gasteiger partial charge in [-0.15, -0.1) is 0 Å². The molecule has 0 unspecified atom stereocenters. The SMILES string of the molecule is O=C(NCCCn1nc(C(F)(F)F)cc1C1CC1)c1cc2nc(C3CC3)cc(C(F)F)n2n1. The predicted molar refractivity (Wildman–Crippen MR) is 106 cm³/mol. The summed E-state index contributed by atoms with van der Waals surface area (Å²) in [6.45, 7) is 0.385. The minimum atomic E-state index is -4.50. The predicted octanol–water partition coefficient (Wildman–Crippen LogP) is 4.46. The van der Waals surface area contributed by atoms with Crippen LogP contribution in [0.3, 0.4) is 0 Å². The van der Waals surface area contributed by atoms with Gasteiger partial charge in [0.1, 0.15) is 5.69 Å². The molecule has 1 N–H and O–H groups in total. The molecule has 0 radical (unpaired) electrons. The van der Waals surface area contributed by atoms with E-state index in [1.54, 1.807) is 0 Å². The number of nitrogens with one attached hydrogen (secondary N) is 1. The molecule has 2 fully saturated rings. The molecular formula is C21H21F5N6O. The Morgan fingerprint density at radius 3 is 2.45 bits per heavy atom. The van der Waals surface area contributed by atoms with E-state index < -0.39 is 24.2 Å². The first kappa shape index (κ1) is 21.8. The second-order valence-corrected chi connectivity index (χ2v) is 8.54. The molecule has 0 atom stereocenters. The molecule has 33 heavy (non-hydrogen) atoms. The Bertz CT molecular complexity index is 1190. The average molecular weight is 468 g/mol. The van der Waals surface area contributed by atoms with Crippen molar-refractivity contribution >= 4 is 11.6 Å². The van der Waals surface area contributed by atoms with Crippen molar-refractivity contribution in [1.29, 1.82) is 0 Å². The van der Waals surface area contributed by atoms with Crippen LogP contribution in [-0.2, 0) is 12.7 Å². The van der Waals surface area contributed by atoms with E-state index in [1.165, 1.54) is 16.8 Å². The Labute approximate surface area is 185 Å². The van der Waals surface area contributed by atoms with Crippen molar-refractivity contribution < 1.29 is 26.7 Å². The molecule has 7 nitrogen and oxygen atoms in total. The molecule has 0 aromatic carbocycles. The standard InChI is InChI=1S/C21H21F5N6O/c22-19(23)16-8-13(11-2-3-11)28-18-9-14(29-32(16)18)20(33)27-6-1-7-31-15(12-4-5-12)10-17(30-31)21(24,25)26/h8-12,19H,1-7H2,(H,27,33). The summed E-state index contributed by atoms with van der Waals surface area (Å²) in [7, 11) is 0. The zero-order chi connectivity index (χ0) is 23.3. The first-order valence-corrected chi connectivity index (χ1v) is 10.8. The maximum Gasteiger partial charge on any atom is 0.435 e. The van der Waals surface area contributed by atoms with Gasteiger partial charge < -0.3 is 5.32 Å². The highest BCUT2D eigenvalue weighted by Gasteiger charge is 2.37. The van der Waals surface area contributed by atoms with E-state index in [2.05, 4.69) is 20.5 Å². The number of hydrogen-bond donors (Lipinski definition) is 1. The van der Waals surface area contributed by atoms with Crippen molar-refractivity contribution in [2.75, 3.05) is 6.54 Å². The molecule has 176 valence electrons. The number of amides is 1. The normalized spacial score (nSPS) is 16.7. The Balaban J connectivity index is 1.24. The van der Waals surface area contributed by atoms with Gasteiger partial charge in [-0.1, -0.05) is 0 Å². The highest BCUT2D eigenvalue weighted by molar-refractivity contribution is 5.93. The summed E-state index contributed by atoms with van der Waals surface area (Å²) in [4.78, 5) is 16.8. The summed E-state index contributed by atoms with van der Waals surface area (Å²) >= 11 is 0. The molecule has 0 saturated heterocycles. The average Bonchev–Trinajstić information content (AvgIpc) is 3.69. The van der Waals surface area contributed by atoms with Gasteiger partial charge in [0.25, 0.3) is 12.3 Å². The molecule has 1 amide bonds. The summed E-state index contributed by atoms with van der Waals surface area (Å²) in [5, 5.41) is 10.3. The van der Waals surface area contributed by atoms with E-state index >= 15 is 0 Å². The van der Waals surface area contributed by atoms with Crippen LogP contribution in [0.5, 0.6) is 0 Å². The third-order valence-corrected chi connectivity index (χ3v) is 5.86. The van der Waals surface area contributed by atoms with Crippen LogP contribution in [0.25, 0.3) is 5.65 Å². The molecule has 0 bridgehead atoms. The molecule has 2 aliphatic rings. The number of halogens is 5. The molecule has 12 heteroatoms. The minimum absolute atomic E-state index is 0.0468. The smallest absolute Gasteiger partial charge is 0.351 e. The first-order chi connectivity index (χ1) is 15.7. The number of rotatable bonds is 8. The zero-order valence-electron chi connectivity index (χ0n) is 17.4. The third kappa shape index (κ3) is 4.55. The third-order valence-electron chi connectivity index (χ3n) is 5.86. The number of alkyl halides is 5. The van der Waals surface area contributed by atoms with E-state index in [0.717, 1.165) is 36.3 Å². The number of nitrogens with zero attached hydrogens (tertiary/aromatic N) is 5. The monoisotopic (exact) mass is 468 g/mol. The van der Waals surface area contributed by atoms with Gasteiger partial charge in [0.15, 0.2) is 17.0 Å². The number of aryl methyl sites for hydroxylation is 1. The van der Waals surface area contributed by atoms with Gasteiger partial charge >= 0.3 is 6.18 Å². The lowest BCUT2D eigenvalue weighted by Crippen LogP contribution is -2.26. The minimum Gasteiger partial charge on any atom is -0.351 e. The summed E-state index contributed by atoms with van der Waals surface area (Å²) in [5.41, 5.74) is 0.0537. The van der Waals surface area contributed by atoms with Gasteiger partial charge in [0.2, 0.25) is 0 Å². The lowest BCUT2D eigenvalue weighted by Gasteiger charge is -2.07. The van der Waals surface area contributed by atoms with Crippen LogP contribution >= 0.6 is 0 Å². The fraction of sp³-hybridized carbons (Fsp3) is 0.524. The van der Waals surface area contributed by atoms with E-state index in [1.807, 2.05) is 0 Å². The van der Waals surface area contributed by atoms with E-state index in [-0.39, 0.29) is 42.0 Å². The van der Waals surface area contributed by atoms with Crippen molar-refractivity contribution in [3.8, 4) is 0 Å². The maximum atomic E-state index is 13.5. The largest absolute Gasteiger partial charge is 0.435 e. The maximum absolute atomic E-state index is 13.5. The summed E-state index contributed by atoms with van der Waals surface area (Å²) in [6, 6.07) is 3.79. The van der Waals surface area contributed by atoms with E-state index in [4.69, 9.17) is 0 Å². The van der Waals surface area contributed by atoms with Gasteiger partial charge in [-0.25, -0.2) is 18.3 Å². The van der Waals surface area contributed by atoms with Crippen LogP contribution in [0, 0.1) is 0 Å². The van der Waals surface area contributed by atoms with Crippen LogP contribution in [-0.4, -0.2) is 36.8 Å². The number of carbonyl (C=O) groups excluding carboxylic acids is 1. The number of aromatic nitrogens is 5. The molecule has 3 aromatic rings. The molecular weight excluding hydrogens is 447 g/mol. The van der Waals surface area contributed by atoms with Crippen molar-refractivity contribution in [2.45, 2.75) is 63.1 Å². The zero-order valence-corrected chi connectivity index (χ0v) is 17.4. The topological polar surface area (TPSA) is 77.1 Å². The summed E-state index contributed by atoms with van der Waals surface area (Å²) < 4.78 is 68.3. The van der Waals surface area contributed by atoms with Crippen LogP contribution < -0.4 is 5.32 Å². The van der Waals surface area contributed by atoms with E-state index in [0.29, 0.717) is 17.8 Å². The van der Waals surface area contributed by atoms with Gasteiger partial charge in [0.05, 0.1) is 0 Å². The van der Waals surface area contributed by atoms with Gasteiger partial charge in [-0.05, 0) is 44.2 Å².